The Bertz CT molecular complexity index is 877. The molecule has 3 aromatic rings. The highest BCUT2D eigenvalue weighted by Crippen LogP contribution is 2.43. The van der Waals surface area contributed by atoms with Gasteiger partial charge in [-0.05, 0) is 61.1 Å². The van der Waals surface area contributed by atoms with E-state index in [2.05, 4.69) is 48.0 Å². The van der Waals surface area contributed by atoms with Crippen molar-refractivity contribution in [2.75, 3.05) is 11.1 Å². The summed E-state index contributed by atoms with van der Waals surface area (Å²) in [6, 6.07) is 16.7. The van der Waals surface area contributed by atoms with Gasteiger partial charge in [-0.25, -0.2) is 4.98 Å². The molecule has 0 aliphatic heterocycles. The molecule has 130 valence electrons. The fourth-order valence-corrected chi connectivity index (χ4v) is 4.08. The Labute approximate surface area is 149 Å². The minimum atomic E-state index is 0.382. The quantitative estimate of drug-likeness (QED) is 0.622. The van der Waals surface area contributed by atoms with Crippen LogP contribution in [0.3, 0.4) is 0 Å². The van der Waals surface area contributed by atoms with E-state index < -0.39 is 0 Å². The second kappa shape index (κ2) is 6.10. The molecule has 1 saturated carbocycles. The van der Waals surface area contributed by atoms with Crippen molar-refractivity contribution in [3.8, 4) is 0 Å². The predicted octanol–water partition coefficient (Wildman–Crippen LogP) is 5.50. The number of para-hydroxylation sites is 2. The van der Waals surface area contributed by atoms with Crippen molar-refractivity contribution in [3.63, 3.8) is 0 Å². The fourth-order valence-electron chi connectivity index (χ4n) is 4.08. The number of aromatic nitrogens is 2. The number of nitrogens with one attached hydrogen (secondary N) is 1. The summed E-state index contributed by atoms with van der Waals surface area (Å²) in [6.07, 6.45) is 4.96. The minimum absolute atomic E-state index is 0.382. The van der Waals surface area contributed by atoms with Crippen molar-refractivity contribution in [3.05, 3.63) is 48.5 Å². The molecule has 0 saturated heterocycles. The van der Waals surface area contributed by atoms with Crippen molar-refractivity contribution in [1.29, 1.82) is 0 Å². The van der Waals surface area contributed by atoms with Crippen LogP contribution in [0.2, 0.25) is 0 Å². The summed E-state index contributed by atoms with van der Waals surface area (Å²) in [7, 11) is 0. The first-order valence-corrected chi connectivity index (χ1v) is 9.11. The van der Waals surface area contributed by atoms with Gasteiger partial charge in [0.2, 0.25) is 5.95 Å². The Morgan fingerprint density at radius 2 is 1.88 bits per heavy atom. The Morgan fingerprint density at radius 1 is 1.12 bits per heavy atom. The van der Waals surface area contributed by atoms with Gasteiger partial charge in [0.25, 0.3) is 0 Å². The molecular weight excluding hydrogens is 308 g/mol. The fraction of sp³-hybridized carbons (Fsp3) is 0.381. The molecule has 2 aromatic carbocycles. The average Bonchev–Trinajstić information content (AvgIpc) is 2.94. The van der Waals surface area contributed by atoms with Gasteiger partial charge in [-0.3, -0.25) is 0 Å². The van der Waals surface area contributed by atoms with E-state index in [-0.39, 0.29) is 0 Å². The molecule has 4 heteroatoms. The SMILES string of the molecule is CC1(C)CCC[C@@H](n2c(Nc3ccc(N)cc3)nc3ccccc32)C1. The van der Waals surface area contributed by atoms with Crippen molar-refractivity contribution in [2.24, 2.45) is 5.41 Å². The Balaban J connectivity index is 1.76. The smallest absolute Gasteiger partial charge is 0.208 e. The molecule has 1 aromatic heterocycles. The van der Waals surface area contributed by atoms with Crippen LogP contribution in [0.1, 0.15) is 45.6 Å². The summed E-state index contributed by atoms with van der Waals surface area (Å²) < 4.78 is 2.41. The second-order valence-corrected chi connectivity index (χ2v) is 7.96. The molecule has 0 spiro atoms. The molecule has 0 unspecified atom stereocenters. The van der Waals surface area contributed by atoms with E-state index in [0.717, 1.165) is 22.8 Å². The third kappa shape index (κ3) is 3.21. The van der Waals surface area contributed by atoms with Crippen LogP contribution in [0.15, 0.2) is 48.5 Å². The van der Waals surface area contributed by atoms with Crippen molar-refractivity contribution in [1.82, 2.24) is 9.55 Å². The first-order valence-electron chi connectivity index (χ1n) is 9.11. The van der Waals surface area contributed by atoms with Crippen molar-refractivity contribution >= 4 is 28.4 Å². The maximum absolute atomic E-state index is 5.81. The van der Waals surface area contributed by atoms with Crippen LogP contribution < -0.4 is 11.1 Å². The second-order valence-electron chi connectivity index (χ2n) is 7.96. The Hall–Kier alpha value is -2.49. The number of fused-ring (bicyclic) bond motifs is 1. The third-order valence-corrected chi connectivity index (χ3v) is 5.31. The predicted molar refractivity (Wildman–Crippen MR) is 105 cm³/mol. The van der Waals surface area contributed by atoms with E-state index in [1.807, 2.05) is 24.3 Å². The van der Waals surface area contributed by atoms with Crippen LogP contribution in [-0.2, 0) is 0 Å². The number of nitrogens with zero attached hydrogens (tertiary/aromatic N) is 2. The number of nitrogen functional groups attached to an aromatic ring is 1. The van der Waals surface area contributed by atoms with E-state index >= 15 is 0 Å². The Kier molecular flexibility index (Phi) is 3.91. The first kappa shape index (κ1) is 16.0. The van der Waals surface area contributed by atoms with Gasteiger partial charge in [0.05, 0.1) is 11.0 Å². The highest BCUT2D eigenvalue weighted by atomic mass is 15.2. The van der Waals surface area contributed by atoms with Crippen LogP contribution in [-0.4, -0.2) is 9.55 Å². The zero-order valence-electron chi connectivity index (χ0n) is 15.0. The first-order chi connectivity index (χ1) is 12.0. The highest BCUT2D eigenvalue weighted by molar-refractivity contribution is 5.80. The normalized spacial score (nSPS) is 19.8. The molecule has 25 heavy (non-hydrogen) atoms. The zero-order valence-corrected chi connectivity index (χ0v) is 15.0. The van der Waals surface area contributed by atoms with Gasteiger partial charge in [0, 0.05) is 17.4 Å². The monoisotopic (exact) mass is 334 g/mol. The van der Waals surface area contributed by atoms with E-state index in [1.165, 1.54) is 31.2 Å². The largest absolute Gasteiger partial charge is 0.399 e. The number of anilines is 3. The van der Waals surface area contributed by atoms with E-state index in [4.69, 9.17) is 10.7 Å². The number of hydrogen-bond acceptors (Lipinski definition) is 3. The molecule has 3 N–H and O–H groups in total. The number of rotatable bonds is 3. The molecule has 1 aliphatic rings. The number of benzene rings is 2. The molecule has 1 fully saturated rings. The summed E-state index contributed by atoms with van der Waals surface area (Å²) in [4.78, 5) is 4.87. The van der Waals surface area contributed by atoms with Crippen LogP contribution >= 0.6 is 0 Å². The summed E-state index contributed by atoms with van der Waals surface area (Å²) in [6.45, 7) is 4.76. The van der Waals surface area contributed by atoms with Gasteiger partial charge >= 0.3 is 0 Å². The molecule has 4 rings (SSSR count). The summed E-state index contributed by atoms with van der Waals surface area (Å²) >= 11 is 0. The minimum Gasteiger partial charge on any atom is -0.399 e. The topological polar surface area (TPSA) is 55.9 Å². The van der Waals surface area contributed by atoms with Crippen molar-refractivity contribution < 1.29 is 0 Å². The van der Waals surface area contributed by atoms with E-state index in [1.54, 1.807) is 0 Å². The standard InChI is InChI=1S/C21H26N4/c1-21(2)13-5-6-17(14-21)25-19-8-4-3-7-18(19)24-20(25)23-16-11-9-15(22)10-12-16/h3-4,7-12,17H,5-6,13-14,22H2,1-2H3,(H,23,24)/t17-/m1/s1. The lowest BCUT2D eigenvalue weighted by atomic mass is 9.75. The molecular formula is C21H26N4. The van der Waals surface area contributed by atoms with Gasteiger partial charge in [0.1, 0.15) is 0 Å². The van der Waals surface area contributed by atoms with Crippen molar-refractivity contribution in [2.45, 2.75) is 45.6 Å². The van der Waals surface area contributed by atoms with Gasteiger partial charge in [-0.15, -0.1) is 0 Å². The zero-order chi connectivity index (χ0) is 17.4. The van der Waals surface area contributed by atoms with Gasteiger partial charge in [-0.2, -0.15) is 0 Å². The van der Waals surface area contributed by atoms with E-state index in [9.17, 15) is 0 Å². The number of nitrogens with two attached hydrogens (primary N) is 1. The summed E-state index contributed by atoms with van der Waals surface area (Å²) in [5.74, 6) is 0.925. The third-order valence-electron chi connectivity index (χ3n) is 5.31. The van der Waals surface area contributed by atoms with E-state index in [0.29, 0.717) is 11.5 Å². The molecule has 1 atom stereocenters. The van der Waals surface area contributed by atoms with Gasteiger partial charge in [0.15, 0.2) is 0 Å². The van der Waals surface area contributed by atoms with Gasteiger partial charge in [-0.1, -0.05) is 32.4 Å². The van der Waals surface area contributed by atoms with Gasteiger partial charge < -0.3 is 15.6 Å². The molecule has 1 aliphatic carbocycles. The lowest BCUT2D eigenvalue weighted by Gasteiger charge is -2.36. The van der Waals surface area contributed by atoms with Crippen LogP contribution in [0.5, 0.6) is 0 Å². The van der Waals surface area contributed by atoms with Crippen LogP contribution in [0, 0.1) is 5.41 Å². The summed E-state index contributed by atoms with van der Waals surface area (Å²) in [5, 5.41) is 3.51. The molecule has 0 radical (unpaired) electrons. The summed E-state index contributed by atoms with van der Waals surface area (Å²) in [5.41, 5.74) is 10.2. The maximum atomic E-state index is 5.81. The van der Waals surface area contributed by atoms with Crippen LogP contribution in [0.25, 0.3) is 11.0 Å². The molecule has 0 bridgehead atoms. The Morgan fingerprint density at radius 3 is 2.64 bits per heavy atom. The molecule has 4 nitrogen and oxygen atoms in total. The molecule has 1 heterocycles. The maximum Gasteiger partial charge on any atom is 0.208 e. The lowest BCUT2D eigenvalue weighted by molar-refractivity contribution is 0.187. The molecule has 0 amide bonds. The number of imidazole rings is 1. The van der Waals surface area contributed by atoms with Crippen LogP contribution in [0.4, 0.5) is 17.3 Å². The average molecular weight is 334 g/mol. The number of hydrogen-bond donors (Lipinski definition) is 2. The highest BCUT2D eigenvalue weighted by Gasteiger charge is 2.31. The lowest BCUT2D eigenvalue weighted by Crippen LogP contribution is -2.25.